The smallest absolute Gasteiger partial charge is 0.331 e. The number of phenolic OH excluding ortho intramolecular Hbond substituents is 1. The number of carbonyl (C=O) groups excluding carboxylic acids is 3. The van der Waals surface area contributed by atoms with E-state index in [9.17, 15) is 23.9 Å². The van der Waals surface area contributed by atoms with E-state index in [1.165, 1.54) is 44.6 Å². The van der Waals surface area contributed by atoms with Crippen molar-refractivity contribution in [3.63, 3.8) is 0 Å². The fourth-order valence-corrected chi connectivity index (χ4v) is 5.38. The summed E-state index contributed by atoms with van der Waals surface area (Å²) < 4.78 is 25.2. The van der Waals surface area contributed by atoms with Crippen molar-refractivity contribution in [2.24, 2.45) is 11.8 Å². The van der Waals surface area contributed by atoms with Crippen molar-refractivity contribution in [3.8, 4) is 11.5 Å². The quantitative estimate of drug-likeness (QED) is 0.418. The number of nitrogens with one attached hydrogen (secondary N) is 1. The zero-order valence-electron chi connectivity index (χ0n) is 19.5. The molecule has 2 saturated heterocycles. The van der Waals surface area contributed by atoms with Crippen LogP contribution in [0.15, 0.2) is 72.8 Å². The van der Waals surface area contributed by atoms with Crippen LogP contribution in [0.2, 0.25) is 0 Å². The Kier molecular flexibility index (Phi) is 5.72. The monoisotopic (exact) mass is 490 g/mol. The molecule has 184 valence electrons. The number of esters is 1. The van der Waals surface area contributed by atoms with Gasteiger partial charge in [-0.15, -0.1) is 0 Å². The number of aromatic hydroxyl groups is 1. The first-order valence-corrected chi connectivity index (χ1v) is 11.3. The van der Waals surface area contributed by atoms with Gasteiger partial charge in [0.05, 0.1) is 31.7 Å². The summed E-state index contributed by atoms with van der Waals surface area (Å²) in [5.41, 5.74) is -0.992. The zero-order valence-corrected chi connectivity index (χ0v) is 19.5. The van der Waals surface area contributed by atoms with Gasteiger partial charge in [-0.05, 0) is 35.4 Å². The number of halogens is 1. The van der Waals surface area contributed by atoms with Crippen molar-refractivity contribution in [2.45, 2.75) is 11.6 Å². The van der Waals surface area contributed by atoms with Crippen LogP contribution in [0.25, 0.3) is 0 Å². The summed E-state index contributed by atoms with van der Waals surface area (Å²) in [7, 11) is 2.59. The number of anilines is 1. The summed E-state index contributed by atoms with van der Waals surface area (Å²) in [6, 6.07) is 17.7. The fourth-order valence-electron chi connectivity index (χ4n) is 5.38. The Balaban J connectivity index is 1.75. The van der Waals surface area contributed by atoms with Gasteiger partial charge < -0.3 is 14.6 Å². The Labute approximate surface area is 206 Å². The second-order valence-corrected chi connectivity index (χ2v) is 8.69. The molecule has 4 atom stereocenters. The van der Waals surface area contributed by atoms with Gasteiger partial charge in [-0.25, -0.2) is 14.1 Å². The van der Waals surface area contributed by atoms with Gasteiger partial charge in [-0.2, -0.15) is 0 Å². The van der Waals surface area contributed by atoms with Crippen LogP contribution in [0, 0.1) is 17.7 Å². The highest BCUT2D eigenvalue weighted by molar-refractivity contribution is 6.24. The molecule has 5 rings (SSSR count). The van der Waals surface area contributed by atoms with Gasteiger partial charge in [0.15, 0.2) is 17.0 Å². The van der Waals surface area contributed by atoms with E-state index in [0.29, 0.717) is 11.1 Å². The molecule has 2 heterocycles. The highest BCUT2D eigenvalue weighted by atomic mass is 19.1. The molecule has 2 N–H and O–H groups in total. The van der Waals surface area contributed by atoms with E-state index in [1.54, 1.807) is 36.4 Å². The average molecular weight is 490 g/mol. The summed E-state index contributed by atoms with van der Waals surface area (Å²) >= 11 is 0. The third-order valence-electron chi connectivity index (χ3n) is 6.95. The number of hydrogen-bond donors (Lipinski definition) is 2. The maximum Gasteiger partial charge on any atom is 0.331 e. The Morgan fingerprint density at radius 3 is 2.36 bits per heavy atom. The molecule has 9 heteroatoms. The van der Waals surface area contributed by atoms with Crippen LogP contribution in [0.4, 0.5) is 10.1 Å². The molecule has 2 aliphatic heterocycles. The number of ether oxygens (including phenoxy) is 2. The van der Waals surface area contributed by atoms with Crippen LogP contribution in [-0.4, -0.2) is 37.1 Å². The molecule has 8 nitrogen and oxygen atoms in total. The third kappa shape index (κ3) is 3.27. The highest BCUT2D eigenvalue weighted by Crippen LogP contribution is 2.54. The average Bonchev–Trinajstić information content (AvgIpc) is 3.39. The molecule has 0 aromatic heterocycles. The lowest BCUT2D eigenvalue weighted by Gasteiger charge is -2.33. The molecule has 3 aromatic rings. The molecular formula is C27H23FN2O6. The van der Waals surface area contributed by atoms with E-state index < -0.39 is 47.0 Å². The zero-order chi connectivity index (χ0) is 25.6. The summed E-state index contributed by atoms with van der Waals surface area (Å²) in [6.07, 6.45) is 0. The Morgan fingerprint density at radius 2 is 1.69 bits per heavy atom. The van der Waals surface area contributed by atoms with Crippen LogP contribution in [0.1, 0.15) is 17.2 Å². The van der Waals surface area contributed by atoms with Gasteiger partial charge in [0.1, 0.15) is 5.82 Å². The molecule has 2 fully saturated rings. The van der Waals surface area contributed by atoms with E-state index in [1.807, 2.05) is 0 Å². The molecule has 36 heavy (non-hydrogen) atoms. The molecule has 0 saturated carbocycles. The SMILES string of the molecule is COC(=O)C1(c2ccccc2)NC(c2ccc(O)c(OC)c2)C2C(=O)N(c3ccccc3F)C(=O)C21. The standard InChI is InChI=1S/C27H23FN2O6/c1-35-20-14-15(12-13-19(20)31)23-21-22(25(33)30(24(21)32)18-11-7-6-10-17(18)28)27(29-23,26(34)36-2)16-8-4-3-5-9-16/h3-14,21-23,29,31H,1-2H3. The first kappa shape index (κ1) is 23.5. The van der Waals surface area contributed by atoms with Gasteiger partial charge in [-0.1, -0.05) is 48.5 Å². The van der Waals surface area contributed by atoms with Crippen molar-refractivity contribution in [2.75, 3.05) is 19.1 Å². The fraction of sp³-hybridized carbons (Fsp3) is 0.222. The number of amides is 2. The molecule has 0 aliphatic carbocycles. The first-order chi connectivity index (χ1) is 17.3. The van der Waals surface area contributed by atoms with Gasteiger partial charge in [-0.3, -0.25) is 14.9 Å². The summed E-state index contributed by atoms with van der Waals surface area (Å²) in [5, 5.41) is 13.3. The highest BCUT2D eigenvalue weighted by Gasteiger charge is 2.70. The van der Waals surface area contributed by atoms with Crippen LogP contribution in [-0.2, 0) is 24.7 Å². The number of nitrogens with zero attached hydrogens (tertiary/aromatic N) is 1. The molecule has 0 spiro atoms. The van der Waals surface area contributed by atoms with Crippen LogP contribution in [0.3, 0.4) is 0 Å². The third-order valence-corrected chi connectivity index (χ3v) is 6.95. The van der Waals surface area contributed by atoms with Gasteiger partial charge in [0.25, 0.3) is 0 Å². The van der Waals surface area contributed by atoms with Crippen molar-refractivity contribution in [1.29, 1.82) is 0 Å². The number of benzene rings is 3. The molecule has 4 unspecified atom stereocenters. The lowest BCUT2D eigenvalue weighted by Crippen LogP contribution is -2.53. The minimum atomic E-state index is -1.73. The van der Waals surface area contributed by atoms with Crippen LogP contribution < -0.4 is 15.0 Å². The van der Waals surface area contributed by atoms with E-state index in [-0.39, 0.29) is 17.2 Å². The summed E-state index contributed by atoms with van der Waals surface area (Å²) in [6.45, 7) is 0. The van der Waals surface area contributed by atoms with Gasteiger partial charge >= 0.3 is 5.97 Å². The van der Waals surface area contributed by atoms with E-state index >= 15 is 0 Å². The number of hydrogen-bond acceptors (Lipinski definition) is 7. The number of imide groups is 1. The minimum Gasteiger partial charge on any atom is -0.504 e. The Hall–Kier alpha value is -4.24. The van der Waals surface area contributed by atoms with Crippen LogP contribution >= 0.6 is 0 Å². The van der Waals surface area contributed by atoms with Gasteiger partial charge in [0, 0.05) is 6.04 Å². The van der Waals surface area contributed by atoms with Gasteiger partial charge in [0.2, 0.25) is 11.8 Å². The second kappa shape index (κ2) is 8.76. The molecule has 0 radical (unpaired) electrons. The number of methoxy groups -OCH3 is 2. The molecule has 2 aliphatic rings. The number of para-hydroxylation sites is 1. The predicted molar refractivity (Wildman–Crippen MR) is 127 cm³/mol. The Morgan fingerprint density at radius 1 is 1.00 bits per heavy atom. The molecular weight excluding hydrogens is 467 g/mol. The van der Waals surface area contributed by atoms with E-state index in [4.69, 9.17) is 9.47 Å². The molecule has 2 amide bonds. The molecule has 3 aromatic carbocycles. The van der Waals surface area contributed by atoms with Crippen molar-refractivity contribution < 1.29 is 33.4 Å². The number of phenols is 1. The lowest BCUT2D eigenvalue weighted by molar-refractivity contribution is -0.152. The maximum atomic E-state index is 14.8. The van der Waals surface area contributed by atoms with E-state index in [0.717, 1.165) is 11.0 Å². The Bertz CT molecular complexity index is 1360. The summed E-state index contributed by atoms with van der Waals surface area (Å²) in [5.74, 6) is -5.13. The van der Waals surface area contributed by atoms with E-state index in [2.05, 4.69) is 5.32 Å². The minimum absolute atomic E-state index is 0.111. The number of rotatable bonds is 5. The normalized spacial score (nSPS) is 25.1. The largest absolute Gasteiger partial charge is 0.504 e. The maximum absolute atomic E-state index is 14.8. The van der Waals surface area contributed by atoms with Crippen molar-refractivity contribution in [1.82, 2.24) is 5.32 Å². The lowest BCUT2D eigenvalue weighted by atomic mass is 9.75. The topological polar surface area (TPSA) is 105 Å². The number of fused-ring (bicyclic) bond motifs is 1. The van der Waals surface area contributed by atoms with Crippen molar-refractivity contribution in [3.05, 3.63) is 89.7 Å². The summed E-state index contributed by atoms with van der Waals surface area (Å²) in [4.78, 5) is 42.1. The number of carbonyl (C=O) groups is 3. The predicted octanol–water partition coefficient (Wildman–Crippen LogP) is 3.06. The van der Waals surface area contributed by atoms with Crippen LogP contribution in [0.5, 0.6) is 11.5 Å². The van der Waals surface area contributed by atoms with Crippen molar-refractivity contribution >= 4 is 23.5 Å². The molecule has 0 bridgehead atoms. The second-order valence-electron chi connectivity index (χ2n) is 8.69. The first-order valence-electron chi connectivity index (χ1n) is 11.3.